The van der Waals surface area contributed by atoms with E-state index in [1.165, 1.54) is 0 Å². The number of aryl methyl sites for hydroxylation is 1. The minimum atomic E-state index is -0.465. The van der Waals surface area contributed by atoms with Gasteiger partial charge in [0.1, 0.15) is 24.3 Å². The number of aliphatic imine (C=N–C) groups is 1. The highest BCUT2D eigenvalue weighted by molar-refractivity contribution is 14.0. The van der Waals surface area contributed by atoms with Crippen LogP contribution in [0.3, 0.4) is 0 Å². The van der Waals surface area contributed by atoms with E-state index in [-0.39, 0.29) is 30.1 Å². The Labute approximate surface area is 197 Å². The van der Waals surface area contributed by atoms with Crippen LogP contribution in [0.5, 0.6) is 0 Å². The number of guanidine groups is 1. The summed E-state index contributed by atoms with van der Waals surface area (Å²) < 4.78 is 7.28. The van der Waals surface area contributed by atoms with E-state index in [0.717, 1.165) is 50.8 Å². The SMILES string of the molecule is CCNC(=NCc1ncnn1C)N1CCC(CN(CC)C(=O)OC(C)(C)C)CC1.I. The lowest BCUT2D eigenvalue weighted by Gasteiger charge is -2.36. The summed E-state index contributed by atoms with van der Waals surface area (Å²) in [5, 5.41) is 7.47. The molecule has 1 saturated heterocycles. The second kappa shape index (κ2) is 12.3. The normalized spacial score (nSPS) is 15.5. The average Bonchev–Trinajstić information content (AvgIpc) is 3.07. The molecule has 1 fully saturated rings. The lowest BCUT2D eigenvalue weighted by Crippen LogP contribution is -2.47. The van der Waals surface area contributed by atoms with Gasteiger partial charge in [-0.25, -0.2) is 14.8 Å². The third-order valence-corrected chi connectivity index (χ3v) is 4.94. The molecule has 1 aromatic heterocycles. The van der Waals surface area contributed by atoms with Crippen LogP contribution >= 0.6 is 24.0 Å². The van der Waals surface area contributed by atoms with E-state index < -0.39 is 5.60 Å². The summed E-state index contributed by atoms with van der Waals surface area (Å²) in [6.45, 7) is 14.3. The first-order valence-corrected chi connectivity index (χ1v) is 10.6. The molecule has 1 N–H and O–H groups in total. The van der Waals surface area contributed by atoms with E-state index in [9.17, 15) is 4.79 Å². The fraction of sp³-hybridized carbons (Fsp3) is 0.800. The van der Waals surface area contributed by atoms with Gasteiger partial charge >= 0.3 is 6.09 Å². The van der Waals surface area contributed by atoms with Crippen LogP contribution in [0, 0.1) is 5.92 Å². The summed E-state index contributed by atoms with van der Waals surface area (Å²) in [5.41, 5.74) is -0.465. The lowest BCUT2D eigenvalue weighted by atomic mass is 9.96. The maximum Gasteiger partial charge on any atom is 0.410 e. The molecule has 0 aliphatic carbocycles. The number of carbonyl (C=O) groups excluding carboxylic acids is 1. The predicted molar refractivity (Wildman–Crippen MR) is 129 cm³/mol. The highest BCUT2D eigenvalue weighted by Crippen LogP contribution is 2.20. The zero-order valence-corrected chi connectivity index (χ0v) is 21.5. The molecule has 9 nitrogen and oxygen atoms in total. The summed E-state index contributed by atoms with van der Waals surface area (Å²) in [6.07, 6.45) is 3.37. The molecule has 10 heteroatoms. The van der Waals surface area contributed by atoms with E-state index in [4.69, 9.17) is 9.73 Å². The summed E-state index contributed by atoms with van der Waals surface area (Å²) in [4.78, 5) is 25.5. The number of nitrogens with zero attached hydrogens (tertiary/aromatic N) is 6. The minimum absolute atomic E-state index is 0. The Kier molecular flexibility index (Phi) is 10.9. The van der Waals surface area contributed by atoms with Gasteiger partial charge < -0.3 is 19.9 Å². The monoisotopic (exact) mass is 535 g/mol. The van der Waals surface area contributed by atoms with Gasteiger partial charge in [0, 0.05) is 39.8 Å². The van der Waals surface area contributed by atoms with Crippen LogP contribution in [-0.4, -0.2) is 74.9 Å². The zero-order valence-electron chi connectivity index (χ0n) is 19.2. The smallest absolute Gasteiger partial charge is 0.410 e. The van der Waals surface area contributed by atoms with Crippen molar-refractivity contribution in [1.82, 2.24) is 29.9 Å². The number of aromatic nitrogens is 3. The topological polar surface area (TPSA) is 87.9 Å². The molecule has 2 rings (SSSR count). The van der Waals surface area contributed by atoms with Crippen LogP contribution in [-0.2, 0) is 18.3 Å². The highest BCUT2D eigenvalue weighted by Gasteiger charge is 2.27. The van der Waals surface area contributed by atoms with Gasteiger partial charge in [0.05, 0.1) is 0 Å². The van der Waals surface area contributed by atoms with Crippen LogP contribution in [0.4, 0.5) is 4.79 Å². The summed E-state index contributed by atoms with van der Waals surface area (Å²) >= 11 is 0. The van der Waals surface area contributed by atoms with E-state index in [0.29, 0.717) is 19.0 Å². The average molecular weight is 535 g/mol. The molecule has 172 valence electrons. The molecule has 1 aliphatic heterocycles. The fourth-order valence-corrected chi connectivity index (χ4v) is 3.33. The van der Waals surface area contributed by atoms with E-state index in [1.54, 1.807) is 11.0 Å². The van der Waals surface area contributed by atoms with Crippen molar-refractivity contribution < 1.29 is 9.53 Å². The van der Waals surface area contributed by atoms with Gasteiger partial charge in [-0.3, -0.25) is 4.68 Å². The number of nitrogens with one attached hydrogen (secondary N) is 1. The minimum Gasteiger partial charge on any atom is -0.444 e. The Balaban J connectivity index is 0.00000450. The molecular weight excluding hydrogens is 497 g/mol. The summed E-state index contributed by atoms with van der Waals surface area (Å²) in [7, 11) is 1.88. The number of halogens is 1. The Morgan fingerprint density at radius 3 is 2.50 bits per heavy atom. The number of ether oxygens (including phenoxy) is 1. The molecule has 1 aliphatic rings. The van der Waals surface area contributed by atoms with Gasteiger partial charge in [0.2, 0.25) is 0 Å². The molecule has 0 radical (unpaired) electrons. The molecule has 0 unspecified atom stereocenters. The van der Waals surface area contributed by atoms with Crippen molar-refractivity contribution in [2.75, 3.05) is 32.7 Å². The van der Waals surface area contributed by atoms with Gasteiger partial charge in [-0.2, -0.15) is 5.10 Å². The second-order valence-corrected chi connectivity index (χ2v) is 8.42. The van der Waals surface area contributed by atoms with Gasteiger partial charge in [-0.15, -0.1) is 24.0 Å². The van der Waals surface area contributed by atoms with Crippen molar-refractivity contribution in [3.63, 3.8) is 0 Å². The second-order valence-electron chi connectivity index (χ2n) is 8.42. The number of amides is 1. The van der Waals surface area contributed by atoms with Crippen molar-refractivity contribution in [3.05, 3.63) is 12.2 Å². The molecule has 1 aromatic rings. The highest BCUT2D eigenvalue weighted by atomic mass is 127. The molecular formula is C20H38IN7O2. The third-order valence-electron chi connectivity index (χ3n) is 4.94. The quantitative estimate of drug-likeness (QED) is 0.343. The first-order valence-electron chi connectivity index (χ1n) is 10.6. The molecule has 0 bridgehead atoms. The van der Waals surface area contributed by atoms with Gasteiger partial charge in [0.15, 0.2) is 5.96 Å². The van der Waals surface area contributed by atoms with Crippen LogP contribution in [0.1, 0.15) is 53.3 Å². The van der Waals surface area contributed by atoms with Crippen LogP contribution in [0.15, 0.2) is 11.3 Å². The zero-order chi connectivity index (χ0) is 21.4. The van der Waals surface area contributed by atoms with Crippen molar-refractivity contribution in [2.45, 2.75) is 59.6 Å². The van der Waals surface area contributed by atoms with Crippen molar-refractivity contribution in [1.29, 1.82) is 0 Å². The maximum absolute atomic E-state index is 12.4. The number of rotatable bonds is 6. The van der Waals surface area contributed by atoms with Crippen LogP contribution < -0.4 is 5.32 Å². The Bertz CT molecular complexity index is 679. The fourth-order valence-electron chi connectivity index (χ4n) is 3.33. The Hall–Kier alpha value is -1.59. The Morgan fingerprint density at radius 1 is 1.33 bits per heavy atom. The molecule has 2 heterocycles. The van der Waals surface area contributed by atoms with E-state index in [1.807, 2.05) is 39.6 Å². The van der Waals surface area contributed by atoms with E-state index >= 15 is 0 Å². The molecule has 0 saturated carbocycles. The number of likely N-dealkylation sites (tertiary alicyclic amines) is 1. The van der Waals surface area contributed by atoms with Gasteiger partial charge in [0.25, 0.3) is 0 Å². The van der Waals surface area contributed by atoms with Crippen LogP contribution in [0.25, 0.3) is 0 Å². The van der Waals surface area contributed by atoms with Crippen molar-refractivity contribution in [2.24, 2.45) is 18.0 Å². The summed E-state index contributed by atoms with van der Waals surface area (Å²) in [6, 6.07) is 0. The lowest BCUT2D eigenvalue weighted by molar-refractivity contribution is 0.0214. The third kappa shape index (κ3) is 8.27. The first-order chi connectivity index (χ1) is 13.7. The number of hydrogen-bond donors (Lipinski definition) is 1. The standard InChI is InChI=1S/C20H37N7O2.HI/c1-7-21-18(22-13-17-23-15-24-25(17)6)27-11-9-16(10-12-27)14-26(8-2)19(28)29-20(3,4)5;/h15-16H,7-14H2,1-6H3,(H,21,22);1H. The Morgan fingerprint density at radius 2 is 2.00 bits per heavy atom. The molecule has 30 heavy (non-hydrogen) atoms. The van der Waals surface area contributed by atoms with Gasteiger partial charge in [-0.1, -0.05) is 0 Å². The maximum atomic E-state index is 12.4. The first kappa shape index (κ1) is 26.4. The predicted octanol–water partition coefficient (Wildman–Crippen LogP) is 2.87. The molecule has 0 aromatic carbocycles. The summed E-state index contributed by atoms with van der Waals surface area (Å²) in [5.74, 6) is 2.22. The van der Waals surface area contributed by atoms with Crippen molar-refractivity contribution >= 4 is 36.0 Å². The molecule has 0 atom stereocenters. The largest absolute Gasteiger partial charge is 0.444 e. The number of hydrogen-bond acceptors (Lipinski definition) is 5. The molecule has 0 spiro atoms. The molecule has 1 amide bonds. The number of piperidine rings is 1. The number of carbonyl (C=O) groups is 1. The van der Waals surface area contributed by atoms with Crippen LogP contribution in [0.2, 0.25) is 0 Å². The van der Waals surface area contributed by atoms with E-state index in [2.05, 4.69) is 27.2 Å². The van der Waals surface area contributed by atoms with Crippen molar-refractivity contribution in [3.8, 4) is 0 Å². The van der Waals surface area contributed by atoms with Gasteiger partial charge in [-0.05, 0) is 53.4 Å².